The highest BCUT2D eigenvalue weighted by Crippen LogP contribution is 2.51. The third-order valence-electron chi connectivity index (χ3n) is 11.0. The van der Waals surface area contributed by atoms with Gasteiger partial charge in [-0.3, -0.25) is 27.7 Å². The van der Waals surface area contributed by atoms with Gasteiger partial charge in [0, 0.05) is 12.8 Å². The second kappa shape index (κ2) is 37.2. The molecular weight excluding hydrogens is 937 g/mol. The summed E-state index contributed by atoms with van der Waals surface area (Å²) in [7, 11) is -16.6. The normalized spacial score (nSPS) is 21.9. The van der Waals surface area contributed by atoms with Crippen molar-refractivity contribution in [3.8, 4) is 0 Å². The molecule has 8 atom stereocenters. The van der Waals surface area contributed by atoms with Gasteiger partial charge in [0.15, 0.2) is 6.10 Å². The highest BCUT2D eigenvalue weighted by Gasteiger charge is 2.56. The molecule has 0 bridgehead atoms. The van der Waals surface area contributed by atoms with Gasteiger partial charge in [0.2, 0.25) is 0 Å². The van der Waals surface area contributed by atoms with E-state index in [0.29, 0.717) is 12.8 Å². The average molecular weight is 1020 g/mol. The maximum Gasteiger partial charge on any atom is 0.472 e. The average Bonchev–Trinajstić information content (AvgIpc) is 3.25. The molecule has 0 aromatic heterocycles. The monoisotopic (exact) mass is 1020 g/mol. The van der Waals surface area contributed by atoms with E-state index in [1.165, 1.54) is 64.2 Å². The van der Waals surface area contributed by atoms with Gasteiger partial charge in [-0.15, -0.1) is 0 Å². The third-order valence-corrected chi connectivity index (χ3v) is 13.0. The van der Waals surface area contributed by atoms with Crippen molar-refractivity contribution in [1.82, 2.24) is 0 Å². The first-order chi connectivity index (χ1) is 31.8. The Bertz CT molecular complexity index is 1550. The topological polar surface area (TPSA) is 303 Å². The van der Waals surface area contributed by atoms with Crippen molar-refractivity contribution < 1.29 is 90.6 Å². The van der Waals surface area contributed by atoms with Crippen LogP contribution >= 0.6 is 23.5 Å². The van der Waals surface area contributed by atoms with E-state index < -0.39 is 91.3 Å². The summed E-state index contributed by atoms with van der Waals surface area (Å²) < 4.78 is 65.5. The van der Waals surface area contributed by atoms with E-state index in [1.54, 1.807) is 0 Å². The van der Waals surface area contributed by atoms with Gasteiger partial charge in [-0.1, -0.05) is 159 Å². The number of rotatable bonds is 41. The van der Waals surface area contributed by atoms with Crippen molar-refractivity contribution in [3.05, 3.63) is 36.5 Å². The van der Waals surface area contributed by atoms with Crippen LogP contribution in [0.25, 0.3) is 0 Å². The largest absolute Gasteiger partial charge is 0.472 e. The molecule has 22 heteroatoms. The van der Waals surface area contributed by atoms with Crippen LogP contribution in [0.4, 0.5) is 0 Å². The Labute approximate surface area is 398 Å². The number of esters is 2. The van der Waals surface area contributed by atoms with E-state index in [9.17, 15) is 63.1 Å². The van der Waals surface area contributed by atoms with Crippen molar-refractivity contribution in [1.29, 1.82) is 0 Å². The van der Waals surface area contributed by atoms with Crippen LogP contribution in [0.3, 0.4) is 0 Å². The fraction of sp³-hybridized carbons (Fsp3) is 0.822. The Balaban J connectivity index is 2.73. The molecule has 8 N–H and O–H groups in total. The van der Waals surface area contributed by atoms with Crippen LogP contribution in [0.1, 0.15) is 181 Å². The maximum absolute atomic E-state index is 13.1. The van der Waals surface area contributed by atoms with E-state index in [2.05, 4.69) is 59.4 Å². The summed E-state index contributed by atoms with van der Waals surface area (Å²) in [6.07, 6.45) is 21.6. The quantitative estimate of drug-likeness (QED) is 0.0123. The molecular formula is C45H83O19P3. The van der Waals surface area contributed by atoms with E-state index in [-0.39, 0.29) is 12.8 Å². The van der Waals surface area contributed by atoms with Crippen LogP contribution in [0, 0.1) is 0 Å². The van der Waals surface area contributed by atoms with Crippen molar-refractivity contribution in [2.24, 2.45) is 0 Å². The van der Waals surface area contributed by atoms with Crippen LogP contribution < -0.4 is 0 Å². The van der Waals surface area contributed by atoms with Crippen LogP contribution in [0.15, 0.2) is 36.5 Å². The summed E-state index contributed by atoms with van der Waals surface area (Å²) in [6.45, 7) is 2.83. The molecule has 0 aromatic carbocycles. The molecule has 0 heterocycles. The summed E-state index contributed by atoms with van der Waals surface area (Å²) in [6, 6.07) is 0. The molecule has 0 saturated heterocycles. The lowest BCUT2D eigenvalue weighted by atomic mass is 9.85. The number of phosphoric acid groups is 3. The first-order valence-electron chi connectivity index (χ1n) is 24.3. The minimum atomic E-state index is -5.60. The molecule has 0 aliphatic heterocycles. The van der Waals surface area contributed by atoms with Gasteiger partial charge in [-0.2, -0.15) is 0 Å². The van der Waals surface area contributed by atoms with Crippen LogP contribution in [-0.4, -0.2) is 108 Å². The predicted molar refractivity (Wildman–Crippen MR) is 252 cm³/mol. The van der Waals surface area contributed by atoms with E-state index in [1.807, 2.05) is 0 Å². The summed E-state index contributed by atoms with van der Waals surface area (Å²) in [5.41, 5.74) is 0. The van der Waals surface area contributed by atoms with Gasteiger partial charge in [-0.25, -0.2) is 13.7 Å². The van der Waals surface area contributed by atoms with Crippen LogP contribution in [-0.2, 0) is 50.9 Å². The number of allylic oxidation sites excluding steroid dienone is 6. The predicted octanol–water partition coefficient (Wildman–Crippen LogP) is 8.85. The second-order valence-electron chi connectivity index (χ2n) is 17.0. The molecule has 392 valence electrons. The number of ether oxygens (including phenoxy) is 2. The summed E-state index contributed by atoms with van der Waals surface area (Å²) in [5.74, 6) is -1.31. The van der Waals surface area contributed by atoms with E-state index >= 15 is 0 Å². The lowest BCUT2D eigenvalue weighted by Gasteiger charge is -2.44. The second-order valence-corrected chi connectivity index (χ2v) is 20.8. The zero-order valence-corrected chi connectivity index (χ0v) is 42.4. The third kappa shape index (κ3) is 33.6. The highest BCUT2D eigenvalue weighted by molar-refractivity contribution is 7.47. The Morgan fingerprint density at radius 2 is 0.910 bits per heavy atom. The molecule has 1 aliphatic rings. The molecule has 67 heavy (non-hydrogen) atoms. The molecule has 19 nitrogen and oxygen atoms in total. The number of unbranched alkanes of at least 4 members (excludes halogenated alkanes) is 19. The van der Waals surface area contributed by atoms with Gasteiger partial charge in [0.25, 0.3) is 0 Å². The number of phosphoric ester groups is 3. The van der Waals surface area contributed by atoms with Gasteiger partial charge in [0.1, 0.15) is 43.2 Å². The molecule has 0 amide bonds. The fourth-order valence-corrected chi connectivity index (χ4v) is 9.46. The number of hydrogen-bond donors (Lipinski definition) is 8. The van der Waals surface area contributed by atoms with Gasteiger partial charge in [0.05, 0.1) is 6.61 Å². The molecule has 1 saturated carbocycles. The molecule has 0 spiro atoms. The number of aliphatic hydroxyl groups excluding tert-OH is 3. The molecule has 5 unspecified atom stereocenters. The molecule has 0 aromatic rings. The first-order valence-corrected chi connectivity index (χ1v) is 28.8. The van der Waals surface area contributed by atoms with E-state index in [4.69, 9.17) is 18.5 Å². The zero-order chi connectivity index (χ0) is 50.0. The Hall–Kier alpha value is -1.63. The smallest absolute Gasteiger partial charge is 0.462 e. The summed E-state index contributed by atoms with van der Waals surface area (Å²) >= 11 is 0. The fourth-order valence-electron chi connectivity index (χ4n) is 7.36. The zero-order valence-electron chi connectivity index (χ0n) is 39.7. The van der Waals surface area contributed by atoms with Crippen molar-refractivity contribution in [2.45, 2.75) is 224 Å². The Morgan fingerprint density at radius 3 is 1.40 bits per heavy atom. The molecule has 1 rings (SSSR count). The van der Waals surface area contributed by atoms with Crippen molar-refractivity contribution in [3.63, 3.8) is 0 Å². The van der Waals surface area contributed by atoms with Gasteiger partial charge >= 0.3 is 35.4 Å². The molecule has 0 radical (unpaired) electrons. The van der Waals surface area contributed by atoms with Crippen LogP contribution in [0.5, 0.6) is 0 Å². The van der Waals surface area contributed by atoms with Gasteiger partial charge in [-0.05, 0) is 44.9 Å². The summed E-state index contributed by atoms with van der Waals surface area (Å²) in [5, 5.41) is 31.9. The minimum Gasteiger partial charge on any atom is -0.462 e. The lowest BCUT2D eigenvalue weighted by Crippen LogP contribution is -2.65. The number of carbonyl (C=O) groups excluding carboxylic acids is 2. The number of carbonyl (C=O) groups is 2. The number of hydrogen-bond acceptors (Lipinski definition) is 14. The van der Waals surface area contributed by atoms with Crippen molar-refractivity contribution in [2.75, 3.05) is 13.2 Å². The maximum atomic E-state index is 13.1. The summed E-state index contributed by atoms with van der Waals surface area (Å²) in [4.78, 5) is 73.2. The minimum absolute atomic E-state index is 0.0201. The highest BCUT2D eigenvalue weighted by atomic mass is 31.2. The molecule has 1 aliphatic carbocycles. The Kier molecular flexibility index (Phi) is 35.2. The van der Waals surface area contributed by atoms with Gasteiger partial charge < -0.3 is 49.3 Å². The van der Waals surface area contributed by atoms with Crippen molar-refractivity contribution >= 4 is 35.4 Å². The van der Waals surface area contributed by atoms with Crippen LogP contribution in [0.2, 0.25) is 0 Å². The number of aliphatic hydroxyl groups is 3. The first kappa shape index (κ1) is 63.4. The molecule has 1 fully saturated rings. The van der Waals surface area contributed by atoms with E-state index in [0.717, 1.165) is 77.0 Å². The standard InChI is InChI=1S/C45H83O19P3/c1-3-5-7-9-11-13-15-17-19-21-23-25-27-29-31-33-38(46)59-35-37(61-39(47)34-32-30-28-26-24-22-20-18-16-14-12-10-8-6-4-2)36-60-67(57,58)64-43-40(48)41(49)44(62-65(51,52)53)45(42(43)50)63-66(54,55)56/h6,8,12,14,18,20,37,40-45,48-50H,3-5,7,9-11,13,15-17,19,21-36H2,1-2H3,(H,57,58)(H2,51,52,53)(H2,54,55,56)/t37-,40?,41?,42?,43+,44?,45+/m1/s1. The lowest BCUT2D eigenvalue weighted by molar-refractivity contribution is -0.213. The Morgan fingerprint density at radius 1 is 0.493 bits per heavy atom. The SMILES string of the molecule is CCC=CCC=CCC=CCCCCCCCC(=O)O[C@H](COC(=O)CCCCCCCCCCCCCCCCC)COP(=O)(O)O[C@H]1C(O)C(O)C(OP(=O)(O)O)[C@@H](OP(=O)(O)O)C1O.